The molecule has 0 bridgehead atoms. The van der Waals surface area contributed by atoms with E-state index in [2.05, 4.69) is 26.5 Å². The molecule has 2 aromatic carbocycles. The third-order valence-corrected chi connectivity index (χ3v) is 3.29. The number of carbonyl (C=O) groups is 1. The van der Waals surface area contributed by atoms with Crippen LogP contribution < -0.4 is 10.2 Å². The first-order chi connectivity index (χ1) is 10.6. The Hall–Kier alpha value is -2.34. The van der Waals surface area contributed by atoms with Crippen molar-refractivity contribution >= 4 is 33.8 Å². The molecule has 2 rings (SSSR count). The Morgan fingerprint density at radius 3 is 2.73 bits per heavy atom. The Morgan fingerprint density at radius 2 is 2.05 bits per heavy atom. The van der Waals surface area contributed by atoms with Crippen molar-refractivity contribution in [2.45, 2.75) is 13.0 Å². The zero-order valence-corrected chi connectivity index (χ0v) is 13.4. The Bertz CT molecular complexity index is 674. The van der Waals surface area contributed by atoms with Crippen molar-refractivity contribution in [2.24, 2.45) is 5.10 Å². The number of para-hydroxylation sites is 1. The highest BCUT2D eigenvalue weighted by atomic mass is 79.9. The minimum absolute atomic E-state index is 0.455. The van der Waals surface area contributed by atoms with Crippen LogP contribution in [0.25, 0.3) is 0 Å². The van der Waals surface area contributed by atoms with E-state index in [4.69, 9.17) is 9.84 Å². The molecular formula is C16H15BrN2O3. The van der Waals surface area contributed by atoms with Gasteiger partial charge in [0.25, 0.3) is 0 Å². The summed E-state index contributed by atoms with van der Waals surface area (Å²) >= 11 is 3.37. The van der Waals surface area contributed by atoms with Gasteiger partial charge in [0.05, 0.1) is 11.9 Å². The molecule has 0 aliphatic rings. The van der Waals surface area contributed by atoms with E-state index in [0.29, 0.717) is 11.3 Å². The van der Waals surface area contributed by atoms with Crippen LogP contribution in [0.3, 0.4) is 0 Å². The third kappa shape index (κ3) is 4.60. The van der Waals surface area contributed by atoms with Gasteiger partial charge in [-0.15, -0.1) is 0 Å². The lowest BCUT2D eigenvalue weighted by Crippen LogP contribution is -2.23. The van der Waals surface area contributed by atoms with Crippen LogP contribution >= 0.6 is 15.9 Å². The second-order valence-corrected chi connectivity index (χ2v) is 5.43. The van der Waals surface area contributed by atoms with Gasteiger partial charge in [-0.1, -0.05) is 34.1 Å². The van der Waals surface area contributed by atoms with Crippen molar-refractivity contribution in [1.29, 1.82) is 0 Å². The lowest BCUT2D eigenvalue weighted by Gasteiger charge is -2.12. The molecule has 0 heterocycles. The second-order valence-electron chi connectivity index (χ2n) is 4.52. The molecule has 22 heavy (non-hydrogen) atoms. The second kappa shape index (κ2) is 7.61. The predicted molar refractivity (Wildman–Crippen MR) is 89.5 cm³/mol. The summed E-state index contributed by atoms with van der Waals surface area (Å²) in [6.45, 7) is 1.48. The summed E-state index contributed by atoms with van der Waals surface area (Å²) in [6, 6.07) is 14.8. The van der Waals surface area contributed by atoms with Crippen LogP contribution in [-0.2, 0) is 4.79 Å². The Kier molecular flexibility index (Phi) is 5.55. The van der Waals surface area contributed by atoms with Gasteiger partial charge in [0, 0.05) is 10.0 Å². The molecule has 0 radical (unpaired) electrons. The summed E-state index contributed by atoms with van der Waals surface area (Å²) in [6.07, 6.45) is 0.650. The molecule has 0 aliphatic carbocycles. The largest absolute Gasteiger partial charge is 0.479 e. The summed E-state index contributed by atoms with van der Waals surface area (Å²) < 4.78 is 6.28. The number of carboxylic acid groups (broad SMARTS) is 1. The van der Waals surface area contributed by atoms with E-state index in [0.717, 1.165) is 10.2 Å². The molecule has 0 aliphatic heterocycles. The van der Waals surface area contributed by atoms with Gasteiger partial charge in [-0.25, -0.2) is 4.79 Å². The molecule has 0 amide bonds. The zero-order chi connectivity index (χ0) is 15.9. The molecule has 6 heteroatoms. The van der Waals surface area contributed by atoms with Crippen LogP contribution in [0.2, 0.25) is 0 Å². The molecule has 1 unspecified atom stereocenters. The van der Waals surface area contributed by atoms with Crippen LogP contribution in [0, 0.1) is 0 Å². The number of rotatable bonds is 6. The molecule has 114 valence electrons. The fraction of sp³-hybridized carbons (Fsp3) is 0.125. The molecule has 2 aromatic rings. The zero-order valence-electron chi connectivity index (χ0n) is 11.9. The smallest absolute Gasteiger partial charge is 0.344 e. The van der Waals surface area contributed by atoms with E-state index in [1.165, 1.54) is 6.92 Å². The number of hydrazone groups is 1. The quantitative estimate of drug-likeness (QED) is 0.606. The molecule has 0 aromatic heterocycles. The molecule has 5 nitrogen and oxygen atoms in total. The van der Waals surface area contributed by atoms with Crippen molar-refractivity contribution in [3.05, 3.63) is 58.6 Å². The number of halogens is 1. The number of ether oxygens (including phenoxy) is 1. The van der Waals surface area contributed by atoms with E-state index >= 15 is 0 Å². The fourth-order valence-corrected chi connectivity index (χ4v) is 2.04. The Labute approximate surface area is 136 Å². The van der Waals surface area contributed by atoms with Gasteiger partial charge in [0.15, 0.2) is 6.10 Å². The van der Waals surface area contributed by atoms with E-state index in [-0.39, 0.29) is 0 Å². The minimum Gasteiger partial charge on any atom is -0.479 e. The van der Waals surface area contributed by atoms with Gasteiger partial charge in [0.2, 0.25) is 0 Å². The van der Waals surface area contributed by atoms with Gasteiger partial charge in [-0.3, -0.25) is 5.43 Å². The van der Waals surface area contributed by atoms with Gasteiger partial charge < -0.3 is 9.84 Å². The molecule has 2 N–H and O–H groups in total. The van der Waals surface area contributed by atoms with Crippen molar-refractivity contribution in [2.75, 3.05) is 5.43 Å². The highest BCUT2D eigenvalue weighted by Gasteiger charge is 2.14. The first kappa shape index (κ1) is 16.0. The average molecular weight is 363 g/mol. The third-order valence-electron chi connectivity index (χ3n) is 2.79. The number of nitrogens with zero attached hydrogens (tertiary/aromatic N) is 1. The Morgan fingerprint density at radius 1 is 1.32 bits per heavy atom. The van der Waals surface area contributed by atoms with Crippen LogP contribution in [0.1, 0.15) is 12.5 Å². The lowest BCUT2D eigenvalue weighted by molar-refractivity contribution is -0.144. The number of nitrogens with one attached hydrogen (secondary N) is 1. The van der Waals surface area contributed by atoms with Crippen molar-refractivity contribution in [1.82, 2.24) is 0 Å². The normalized spacial score (nSPS) is 12.1. The first-order valence-corrected chi connectivity index (χ1v) is 7.38. The Balaban J connectivity index is 2.14. The van der Waals surface area contributed by atoms with Gasteiger partial charge in [-0.05, 0) is 37.3 Å². The van der Waals surface area contributed by atoms with Crippen molar-refractivity contribution < 1.29 is 14.6 Å². The fourth-order valence-electron chi connectivity index (χ4n) is 1.66. The molecule has 0 spiro atoms. The van der Waals surface area contributed by atoms with Crippen molar-refractivity contribution in [3.8, 4) is 5.75 Å². The number of benzene rings is 2. The minimum atomic E-state index is -1.02. The lowest BCUT2D eigenvalue weighted by atomic mass is 10.2. The summed E-state index contributed by atoms with van der Waals surface area (Å²) in [7, 11) is 0. The van der Waals surface area contributed by atoms with Crippen LogP contribution in [0.5, 0.6) is 5.75 Å². The predicted octanol–water partition coefficient (Wildman–Crippen LogP) is 3.75. The summed E-state index contributed by atoms with van der Waals surface area (Å²) in [5, 5.41) is 13.1. The molecule has 0 saturated heterocycles. The average Bonchev–Trinajstić information content (AvgIpc) is 2.50. The molecule has 0 saturated carbocycles. The maximum Gasteiger partial charge on any atom is 0.344 e. The van der Waals surface area contributed by atoms with E-state index < -0.39 is 12.1 Å². The van der Waals surface area contributed by atoms with Crippen molar-refractivity contribution in [3.63, 3.8) is 0 Å². The number of anilines is 1. The van der Waals surface area contributed by atoms with E-state index in [1.807, 2.05) is 30.3 Å². The number of carboxylic acids is 1. The molecule has 0 fully saturated rings. The van der Waals surface area contributed by atoms with E-state index in [1.54, 1.807) is 24.4 Å². The monoisotopic (exact) mass is 362 g/mol. The summed E-state index contributed by atoms with van der Waals surface area (Å²) in [5.74, 6) is -0.565. The van der Waals surface area contributed by atoms with Gasteiger partial charge in [0.1, 0.15) is 5.75 Å². The van der Waals surface area contributed by atoms with Crippen LogP contribution in [0.4, 0.5) is 5.69 Å². The number of aliphatic carboxylic acids is 1. The van der Waals surface area contributed by atoms with Crippen LogP contribution in [0.15, 0.2) is 58.1 Å². The maximum absolute atomic E-state index is 10.9. The van der Waals surface area contributed by atoms with Gasteiger partial charge in [-0.2, -0.15) is 5.10 Å². The highest BCUT2D eigenvalue weighted by molar-refractivity contribution is 9.10. The molecule has 1 atom stereocenters. The maximum atomic E-state index is 10.9. The topological polar surface area (TPSA) is 70.9 Å². The number of hydrogen-bond acceptors (Lipinski definition) is 4. The summed E-state index contributed by atoms with van der Waals surface area (Å²) in [5.41, 5.74) is 4.43. The SMILES string of the molecule is CC(Oc1ccc(Br)cc1C=NNc1ccccc1)C(=O)O. The standard InChI is InChI=1S/C16H15BrN2O3/c1-11(16(20)21)22-15-8-7-13(17)9-12(15)10-18-19-14-5-3-2-4-6-14/h2-11,19H,1H3,(H,20,21). The van der Waals surface area contributed by atoms with Gasteiger partial charge >= 0.3 is 5.97 Å². The molecular weight excluding hydrogens is 348 g/mol. The van der Waals surface area contributed by atoms with Crippen LogP contribution in [-0.4, -0.2) is 23.4 Å². The number of hydrogen-bond donors (Lipinski definition) is 2. The first-order valence-electron chi connectivity index (χ1n) is 6.59. The van der Waals surface area contributed by atoms with E-state index in [9.17, 15) is 4.79 Å². The summed E-state index contributed by atoms with van der Waals surface area (Å²) in [4.78, 5) is 10.9. The highest BCUT2D eigenvalue weighted by Crippen LogP contribution is 2.23.